The average Bonchev–Trinajstić information content (AvgIpc) is 3.16. The highest BCUT2D eigenvalue weighted by Crippen LogP contribution is 2.61. The van der Waals surface area contributed by atoms with Crippen molar-refractivity contribution in [2.75, 3.05) is 5.32 Å². The third kappa shape index (κ3) is 3.79. The standard InChI is InChI=1S/C25H26N4O2S/c30-22(13-25-10-15-6-16(11-25)8-17(7-15)12-25)29-24(32)27-19-3-4-21-20(9-19)28-23(31-21)18-2-1-5-26-14-18/h1-5,9,14-17H,6-8,10-13H2,(H2,27,29,30,32). The number of amides is 1. The van der Waals surface area contributed by atoms with Gasteiger partial charge in [-0.1, -0.05) is 0 Å². The highest BCUT2D eigenvalue weighted by atomic mass is 32.1. The molecule has 3 aromatic rings. The molecule has 4 aliphatic carbocycles. The van der Waals surface area contributed by atoms with Gasteiger partial charge >= 0.3 is 0 Å². The van der Waals surface area contributed by atoms with Crippen molar-refractivity contribution in [3.63, 3.8) is 0 Å². The number of carbonyl (C=O) groups is 1. The Hall–Kier alpha value is -2.80. The summed E-state index contributed by atoms with van der Waals surface area (Å²) in [6.07, 6.45) is 11.8. The second-order valence-electron chi connectivity index (χ2n) is 10.0. The van der Waals surface area contributed by atoms with Crippen molar-refractivity contribution in [3.8, 4) is 11.5 Å². The van der Waals surface area contributed by atoms with Gasteiger partial charge in [-0.05, 0) is 104 Å². The Morgan fingerprint density at radius 2 is 1.88 bits per heavy atom. The Bertz CT molecular complexity index is 1150. The third-order valence-corrected chi connectivity index (χ3v) is 7.71. The van der Waals surface area contributed by atoms with Crippen molar-refractivity contribution < 1.29 is 9.21 Å². The van der Waals surface area contributed by atoms with Gasteiger partial charge in [-0.3, -0.25) is 9.78 Å². The largest absolute Gasteiger partial charge is 0.436 e. The van der Waals surface area contributed by atoms with Gasteiger partial charge in [0.1, 0.15) is 5.52 Å². The molecular formula is C25H26N4O2S. The summed E-state index contributed by atoms with van der Waals surface area (Å²) in [7, 11) is 0. The number of carbonyl (C=O) groups excluding carboxylic acids is 1. The Kier molecular flexibility index (Phi) is 4.75. The first-order valence-electron chi connectivity index (χ1n) is 11.5. The summed E-state index contributed by atoms with van der Waals surface area (Å²) < 4.78 is 5.83. The van der Waals surface area contributed by atoms with Crippen LogP contribution in [0.3, 0.4) is 0 Å². The highest BCUT2D eigenvalue weighted by molar-refractivity contribution is 7.80. The molecule has 2 aromatic heterocycles. The van der Waals surface area contributed by atoms with Crippen LogP contribution in [0.4, 0.5) is 5.69 Å². The Balaban J connectivity index is 1.10. The molecule has 0 spiro atoms. The number of thiocarbonyl (C=S) groups is 1. The first-order valence-corrected chi connectivity index (χ1v) is 11.9. The topological polar surface area (TPSA) is 80.0 Å². The Labute approximate surface area is 192 Å². The summed E-state index contributed by atoms with van der Waals surface area (Å²) in [5, 5.41) is 6.37. The van der Waals surface area contributed by atoms with Gasteiger partial charge in [0.15, 0.2) is 10.7 Å². The summed E-state index contributed by atoms with van der Waals surface area (Å²) in [5.41, 5.74) is 3.20. The minimum Gasteiger partial charge on any atom is -0.436 e. The van der Waals surface area contributed by atoms with E-state index in [-0.39, 0.29) is 11.3 Å². The molecule has 4 aliphatic rings. The third-order valence-electron chi connectivity index (χ3n) is 7.51. The molecular weight excluding hydrogens is 420 g/mol. The van der Waals surface area contributed by atoms with Crippen LogP contribution in [0.1, 0.15) is 44.9 Å². The first kappa shape index (κ1) is 19.9. The fourth-order valence-electron chi connectivity index (χ4n) is 6.80. The molecule has 7 rings (SSSR count). The normalized spacial score (nSPS) is 28.1. The van der Waals surface area contributed by atoms with Gasteiger partial charge in [-0.15, -0.1) is 0 Å². The second-order valence-corrected chi connectivity index (χ2v) is 10.4. The number of pyridine rings is 1. The molecule has 32 heavy (non-hydrogen) atoms. The van der Waals surface area contributed by atoms with Crippen molar-refractivity contribution in [3.05, 3.63) is 42.7 Å². The quantitative estimate of drug-likeness (QED) is 0.529. The maximum absolute atomic E-state index is 12.8. The number of hydrogen-bond acceptors (Lipinski definition) is 5. The molecule has 164 valence electrons. The van der Waals surface area contributed by atoms with E-state index in [1.165, 1.54) is 38.5 Å². The molecule has 0 saturated heterocycles. The van der Waals surface area contributed by atoms with Crippen LogP contribution >= 0.6 is 12.2 Å². The Morgan fingerprint density at radius 3 is 2.56 bits per heavy atom. The summed E-state index contributed by atoms with van der Waals surface area (Å²) >= 11 is 5.43. The van der Waals surface area contributed by atoms with Crippen molar-refractivity contribution in [2.24, 2.45) is 23.2 Å². The predicted octanol–water partition coefficient (Wildman–Crippen LogP) is 5.31. The number of fused-ring (bicyclic) bond motifs is 1. The van der Waals surface area contributed by atoms with E-state index in [0.717, 1.165) is 34.5 Å². The van der Waals surface area contributed by atoms with Crippen molar-refractivity contribution in [1.29, 1.82) is 0 Å². The van der Waals surface area contributed by atoms with E-state index in [4.69, 9.17) is 16.6 Å². The highest BCUT2D eigenvalue weighted by Gasteiger charge is 2.51. The lowest BCUT2D eigenvalue weighted by molar-refractivity contribution is -0.127. The molecule has 4 bridgehead atoms. The fourth-order valence-corrected chi connectivity index (χ4v) is 7.03. The molecule has 1 amide bonds. The fraction of sp³-hybridized carbons (Fsp3) is 0.440. The van der Waals surface area contributed by atoms with Gasteiger partial charge in [0.05, 0.1) is 5.56 Å². The molecule has 2 heterocycles. The monoisotopic (exact) mass is 446 g/mol. The van der Waals surface area contributed by atoms with Crippen LogP contribution in [0.15, 0.2) is 47.1 Å². The van der Waals surface area contributed by atoms with E-state index < -0.39 is 0 Å². The average molecular weight is 447 g/mol. The van der Waals surface area contributed by atoms with E-state index in [2.05, 4.69) is 20.6 Å². The van der Waals surface area contributed by atoms with Crippen molar-refractivity contribution >= 4 is 40.0 Å². The number of rotatable bonds is 4. The number of hydrogen-bond donors (Lipinski definition) is 2. The number of nitrogens with one attached hydrogen (secondary N) is 2. The zero-order valence-electron chi connectivity index (χ0n) is 17.8. The lowest BCUT2D eigenvalue weighted by Crippen LogP contribution is -2.48. The van der Waals surface area contributed by atoms with Crippen molar-refractivity contribution in [2.45, 2.75) is 44.9 Å². The van der Waals surface area contributed by atoms with Crippen LogP contribution in [0.5, 0.6) is 0 Å². The molecule has 4 fully saturated rings. The smallest absolute Gasteiger partial charge is 0.228 e. The SMILES string of the molecule is O=C(CC12CC3CC(CC(C3)C1)C2)NC(=S)Nc1ccc2oc(-c3cccnc3)nc2c1. The maximum atomic E-state index is 12.8. The second kappa shape index (κ2) is 7.66. The van der Waals surface area contributed by atoms with Crippen LogP contribution in [0.25, 0.3) is 22.6 Å². The van der Waals surface area contributed by atoms with Gasteiger partial charge in [-0.25, -0.2) is 4.98 Å². The van der Waals surface area contributed by atoms with Crippen LogP contribution in [0, 0.1) is 23.2 Å². The summed E-state index contributed by atoms with van der Waals surface area (Å²) in [5.74, 6) is 3.07. The molecule has 1 aromatic carbocycles. The van der Waals surface area contributed by atoms with E-state index in [1.807, 2.05) is 30.3 Å². The Morgan fingerprint density at radius 1 is 1.12 bits per heavy atom. The first-order chi connectivity index (χ1) is 15.5. The number of anilines is 1. The molecule has 6 nitrogen and oxygen atoms in total. The zero-order chi connectivity index (χ0) is 21.7. The molecule has 0 atom stereocenters. The number of aromatic nitrogens is 2. The van der Waals surface area contributed by atoms with E-state index in [9.17, 15) is 4.79 Å². The van der Waals surface area contributed by atoms with Crippen molar-refractivity contribution in [1.82, 2.24) is 15.3 Å². The minimum absolute atomic E-state index is 0.0332. The number of nitrogens with zero attached hydrogens (tertiary/aromatic N) is 2. The van der Waals surface area contributed by atoms with Gasteiger partial charge < -0.3 is 15.1 Å². The van der Waals surface area contributed by atoms with Gasteiger partial charge in [0.2, 0.25) is 11.8 Å². The predicted molar refractivity (Wildman–Crippen MR) is 127 cm³/mol. The molecule has 0 unspecified atom stereocenters. The van der Waals surface area contributed by atoms with Crippen LogP contribution in [-0.2, 0) is 4.79 Å². The number of benzene rings is 1. The van der Waals surface area contributed by atoms with Crippen LogP contribution < -0.4 is 10.6 Å². The molecule has 0 radical (unpaired) electrons. The summed E-state index contributed by atoms with van der Waals surface area (Å²) in [6.45, 7) is 0. The van der Waals surface area contributed by atoms with Gasteiger partial charge in [-0.2, -0.15) is 0 Å². The molecule has 0 aliphatic heterocycles. The van der Waals surface area contributed by atoms with Gasteiger partial charge in [0, 0.05) is 24.5 Å². The van der Waals surface area contributed by atoms with E-state index >= 15 is 0 Å². The lowest BCUT2D eigenvalue weighted by Gasteiger charge is -2.56. The van der Waals surface area contributed by atoms with Crippen LogP contribution in [0.2, 0.25) is 0 Å². The summed E-state index contributed by atoms with van der Waals surface area (Å²) in [6, 6.07) is 9.35. The summed E-state index contributed by atoms with van der Waals surface area (Å²) in [4.78, 5) is 21.5. The number of oxazole rings is 1. The van der Waals surface area contributed by atoms with E-state index in [1.54, 1.807) is 12.4 Å². The molecule has 7 heteroatoms. The lowest BCUT2D eigenvalue weighted by atomic mass is 9.49. The minimum atomic E-state index is 0.0332. The van der Waals surface area contributed by atoms with Gasteiger partial charge in [0.25, 0.3) is 0 Å². The van der Waals surface area contributed by atoms with Crippen LogP contribution in [-0.4, -0.2) is 21.0 Å². The zero-order valence-corrected chi connectivity index (χ0v) is 18.7. The van der Waals surface area contributed by atoms with E-state index in [0.29, 0.717) is 23.0 Å². The maximum Gasteiger partial charge on any atom is 0.228 e. The molecule has 2 N–H and O–H groups in total. The molecule has 4 saturated carbocycles.